The molecule has 0 aliphatic heterocycles. The number of aryl methyl sites for hydroxylation is 2. The Labute approximate surface area is 132 Å². The van der Waals surface area contributed by atoms with Gasteiger partial charge in [-0.1, -0.05) is 6.92 Å². The highest BCUT2D eigenvalue weighted by molar-refractivity contribution is 9.10. The average Bonchev–Trinajstić information content (AvgIpc) is 2.64. The Kier molecular flexibility index (Phi) is 7.20. The Morgan fingerprint density at radius 1 is 1.25 bits per heavy atom. The molecule has 0 saturated carbocycles. The summed E-state index contributed by atoms with van der Waals surface area (Å²) < 4.78 is 3.12. The van der Waals surface area contributed by atoms with Crippen molar-refractivity contribution in [2.75, 3.05) is 13.1 Å². The first kappa shape index (κ1) is 17.7. The molecule has 5 heteroatoms. The van der Waals surface area contributed by atoms with Gasteiger partial charge < -0.3 is 5.32 Å². The van der Waals surface area contributed by atoms with Crippen molar-refractivity contribution in [1.82, 2.24) is 20.0 Å². The van der Waals surface area contributed by atoms with Crippen LogP contribution < -0.4 is 5.32 Å². The molecule has 0 bridgehead atoms. The first-order valence-electron chi connectivity index (χ1n) is 7.55. The molecule has 1 heterocycles. The summed E-state index contributed by atoms with van der Waals surface area (Å²) in [6, 6.07) is 1.18. The van der Waals surface area contributed by atoms with Gasteiger partial charge in [0.2, 0.25) is 0 Å². The van der Waals surface area contributed by atoms with Crippen molar-refractivity contribution in [3.8, 4) is 0 Å². The number of nitrogens with one attached hydrogen (secondary N) is 1. The molecular formula is C15H29BrN4. The third-order valence-electron chi connectivity index (χ3n) is 3.67. The van der Waals surface area contributed by atoms with Gasteiger partial charge in [-0.3, -0.25) is 9.58 Å². The van der Waals surface area contributed by atoms with E-state index < -0.39 is 0 Å². The van der Waals surface area contributed by atoms with Gasteiger partial charge in [0.15, 0.2) is 0 Å². The zero-order chi connectivity index (χ0) is 15.3. The maximum absolute atomic E-state index is 4.52. The average molecular weight is 345 g/mol. The van der Waals surface area contributed by atoms with Crippen molar-refractivity contribution < 1.29 is 0 Å². The molecular weight excluding hydrogens is 316 g/mol. The highest BCUT2D eigenvalue weighted by Gasteiger charge is 2.14. The van der Waals surface area contributed by atoms with Crippen molar-refractivity contribution >= 4 is 15.9 Å². The molecule has 1 aromatic heterocycles. The second-order valence-corrected chi connectivity index (χ2v) is 6.58. The first-order chi connectivity index (χ1) is 9.38. The smallest absolute Gasteiger partial charge is 0.0767 e. The quantitative estimate of drug-likeness (QED) is 0.736. The predicted octanol–water partition coefficient (Wildman–Crippen LogP) is 2.95. The number of hydrogen-bond donors (Lipinski definition) is 1. The molecule has 0 atom stereocenters. The number of nitrogens with zero attached hydrogens (tertiary/aromatic N) is 3. The lowest BCUT2D eigenvalue weighted by Crippen LogP contribution is -2.41. The molecule has 1 N–H and O–H groups in total. The minimum atomic E-state index is 0.590. The molecule has 0 unspecified atom stereocenters. The maximum atomic E-state index is 4.52. The number of aromatic nitrogens is 2. The van der Waals surface area contributed by atoms with Gasteiger partial charge in [0.25, 0.3) is 0 Å². The molecule has 0 aliphatic rings. The molecule has 0 amide bonds. The molecule has 0 radical (unpaired) electrons. The van der Waals surface area contributed by atoms with E-state index in [9.17, 15) is 0 Å². The summed E-state index contributed by atoms with van der Waals surface area (Å²) in [5, 5.41) is 8.05. The summed E-state index contributed by atoms with van der Waals surface area (Å²) in [5.41, 5.74) is 2.36. The molecule has 4 nitrogen and oxygen atoms in total. The minimum Gasteiger partial charge on any atom is -0.310 e. The van der Waals surface area contributed by atoms with Gasteiger partial charge >= 0.3 is 0 Å². The van der Waals surface area contributed by atoms with Crippen LogP contribution in [-0.4, -0.2) is 39.9 Å². The van der Waals surface area contributed by atoms with Gasteiger partial charge in [-0.25, -0.2) is 0 Å². The molecule has 1 rings (SSSR count). The van der Waals surface area contributed by atoms with Crippen molar-refractivity contribution in [2.24, 2.45) is 7.05 Å². The van der Waals surface area contributed by atoms with Crippen LogP contribution in [0.2, 0.25) is 0 Å². The van der Waals surface area contributed by atoms with E-state index in [4.69, 9.17) is 0 Å². The monoisotopic (exact) mass is 344 g/mol. The first-order valence-corrected chi connectivity index (χ1v) is 8.34. The fraction of sp³-hybridized carbons (Fsp3) is 0.800. The molecule has 0 fully saturated rings. The third kappa shape index (κ3) is 4.57. The Morgan fingerprint density at radius 2 is 1.85 bits per heavy atom. The van der Waals surface area contributed by atoms with Crippen molar-refractivity contribution in [2.45, 2.75) is 59.7 Å². The molecule has 0 spiro atoms. The summed E-state index contributed by atoms with van der Waals surface area (Å²) in [7, 11) is 2.01. The molecule has 116 valence electrons. The minimum absolute atomic E-state index is 0.590. The molecule has 0 saturated heterocycles. The largest absolute Gasteiger partial charge is 0.310 e. The summed E-state index contributed by atoms with van der Waals surface area (Å²) in [5.74, 6) is 0. The fourth-order valence-corrected chi connectivity index (χ4v) is 3.30. The van der Waals surface area contributed by atoms with E-state index in [1.807, 2.05) is 11.7 Å². The van der Waals surface area contributed by atoms with Crippen LogP contribution in [0.4, 0.5) is 0 Å². The fourth-order valence-electron chi connectivity index (χ4n) is 2.54. The van der Waals surface area contributed by atoms with Gasteiger partial charge in [0.05, 0.1) is 15.9 Å². The summed E-state index contributed by atoms with van der Waals surface area (Å²) in [6.07, 6.45) is 0.961. The molecule has 20 heavy (non-hydrogen) atoms. The van der Waals surface area contributed by atoms with Gasteiger partial charge in [-0.05, 0) is 50.0 Å². The van der Waals surface area contributed by atoms with Crippen LogP contribution in [0, 0.1) is 0 Å². The van der Waals surface area contributed by atoms with Crippen molar-refractivity contribution in [1.29, 1.82) is 0 Å². The highest BCUT2D eigenvalue weighted by Crippen LogP contribution is 2.21. The normalized spacial score (nSPS) is 12.1. The zero-order valence-electron chi connectivity index (χ0n) is 13.7. The second-order valence-electron chi connectivity index (χ2n) is 5.79. The lowest BCUT2D eigenvalue weighted by atomic mass is 10.2. The standard InChI is InChI=1S/C15H29BrN4/c1-7-13-15(16)14(19(6)18-13)10-17-8-9-20(11(2)3)12(4)5/h11-12,17H,7-10H2,1-6H3. The Hall–Kier alpha value is -0.390. The van der Waals surface area contributed by atoms with Gasteiger partial charge in [-0.2, -0.15) is 5.10 Å². The zero-order valence-corrected chi connectivity index (χ0v) is 15.3. The van der Waals surface area contributed by atoms with E-state index in [1.54, 1.807) is 0 Å². The highest BCUT2D eigenvalue weighted by atomic mass is 79.9. The number of rotatable bonds is 8. The van der Waals surface area contributed by atoms with E-state index in [0.29, 0.717) is 12.1 Å². The lowest BCUT2D eigenvalue weighted by molar-refractivity contribution is 0.175. The van der Waals surface area contributed by atoms with Crippen LogP contribution in [0.15, 0.2) is 4.47 Å². The van der Waals surface area contributed by atoms with E-state index in [2.05, 4.69) is 65.9 Å². The van der Waals surface area contributed by atoms with E-state index in [0.717, 1.165) is 36.2 Å². The Bertz CT molecular complexity index is 404. The van der Waals surface area contributed by atoms with Crippen LogP contribution in [0.25, 0.3) is 0 Å². The van der Waals surface area contributed by atoms with Crippen LogP contribution in [0.3, 0.4) is 0 Å². The van der Waals surface area contributed by atoms with Crippen LogP contribution >= 0.6 is 15.9 Å². The van der Waals surface area contributed by atoms with Crippen LogP contribution in [-0.2, 0) is 20.0 Å². The van der Waals surface area contributed by atoms with Crippen molar-refractivity contribution in [3.63, 3.8) is 0 Å². The Balaban J connectivity index is 2.47. The molecule has 0 aromatic carbocycles. The SMILES string of the molecule is CCc1nn(C)c(CNCCN(C(C)C)C(C)C)c1Br. The van der Waals surface area contributed by atoms with E-state index in [-0.39, 0.29) is 0 Å². The lowest BCUT2D eigenvalue weighted by Gasteiger charge is -2.30. The number of hydrogen-bond acceptors (Lipinski definition) is 3. The maximum Gasteiger partial charge on any atom is 0.0767 e. The topological polar surface area (TPSA) is 33.1 Å². The van der Waals surface area contributed by atoms with E-state index in [1.165, 1.54) is 5.69 Å². The van der Waals surface area contributed by atoms with Gasteiger partial charge in [0, 0.05) is 38.8 Å². The second kappa shape index (κ2) is 8.15. The van der Waals surface area contributed by atoms with Crippen LogP contribution in [0.1, 0.15) is 46.0 Å². The van der Waals surface area contributed by atoms with Crippen molar-refractivity contribution in [3.05, 3.63) is 15.9 Å². The Morgan fingerprint density at radius 3 is 2.30 bits per heavy atom. The summed E-state index contributed by atoms with van der Waals surface area (Å²) in [4.78, 5) is 2.50. The molecule has 0 aliphatic carbocycles. The number of halogens is 1. The summed E-state index contributed by atoms with van der Waals surface area (Å²) in [6.45, 7) is 14.1. The predicted molar refractivity (Wildman–Crippen MR) is 89.0 cm³/mol. The van der Waals surface area contributed by atoms with Gasteiger partial charge in [-0.15, -0.1) is 0 Å². The van der Waals surface area contributed by atoms with Gasteiger partial charge in [0.1, 0.15) is 0 Å². The van der Waals surface area contributed by atoms with Crippen LogP contribution in [0.5, 0.6) is 0 Å². The van der Waals surface area contributed by atoms with E-state index >= 15 is 0 Å². The third-order valence-corrected chi connectivity index (χ3v) is 4.58. The summed E-state index contributed by atoms with van der Waals surface area (Å²) >= 11 is 3.66. The molecule has 1 aromatic rings.